The Bertz CT molecular complexity index is 690. The number of benzene rings is 1. The van der Waals surface area contributed by atoms with Crippen LogP contribution in [0.5, 0.6) is 0 Å². The van der Waals surface area contributed by atoms with Gasteiger partial charge in [-0.05, 0) is 55.3 Å². The molecule has 2 fully saturated rings. The van der Waals surface area contributed by atoms with Gasteiger partial charge in [-0.25, -0.2) is 9.59 Å². The first-order chi connectivity index (χ1) is 13.4. The van der Waals surface area contributed by atoms with Crippen LogP contribution in [0.15, 0.2) is 30.4 Å². The van der Waals surface area contributed by atoms with E-state index in [2.05, 4.69) is 11.4 Å². The van der Waals surface area contributed by atoms with Gasteiger partial charge in [0.25, 0.3) is 0 Å². The fourth-order valence-electron chi connectivity index (χ4n) is 3.09. The number of ether oxygens (including phenoxy) is 1. The van der Waals surface area contributed by atoms with E-state index in [-0.39, 0.29) is 0 Å². The van der Waals surface area contributed by atoms with Gasteiger partial charge in [-0.15, -0.1) is 0 Å². The van der Waals surface area contributed by atoms with E-state index in [1.165, 1.54) is 18.4 Å². The van der Waals surface area contributed by atoms with Crippen LogP contribution in [0.4, 0.5) is 0 Å². The lowest BCUT2D eigenvalue weighted by Crippen LogP contribution is -2.38. The van der Waals surface area contributed by atoms with Crippen LogP contribution >= 0.6 is 23.2 Å². The van der Waals surface area contributed by atoms with Crippen LogP contribution in [0.3, 0.4) is 0 Å². The second-order valence-corrected chi connectivity index (χ2v) is 7.84. The molecule has 1 aliphatic heterocycles. The number of rotatable bonds is 7. The predicted molar refractivity (Wildman–Crippen MR) is 108 cm³/mol. The molecule has 2 atom stereocenters. The maximum absolute atomic E-state index is 9.55. The molecular formula is C20H25Cl2NO5. The van der Waals surface area contributed by atoms with Gasteiger partial charge in [0.1, 0.15) is 0 Å². The lowest BCUT2D eigenvalue weighted by Gasteiger charge is -2.32. The third kappa shape index (κ3) is 8.19. The Morgan fingerprint density at radius 2 is 1.75 bits per heavy atom. The molecule has 0 aromatic heterocycles. The molecule has 0 amide bonds. The highest BCUT2D eigenvalue weighted by atomic mass is 35.5. The van der Waals surface area contributed by atoms with Crippen molar-refractivity contribution in [1.29, 1.82) is 0 Å². The molecule has 8 heteroatoms. The Kier molecular flexibility index (Phi) is 9.25. The highest BCUT2D eigenvalue weighted by Gasteiger charge is 2.28. The minimum absolute atomic E-state index is 0.519. The number of piperidine rings is 1. The monoisotopic (exact) mass is 429 g/mol. The van der Waals surface area contributed by atoms with Crippen molar-refractivity contribution in [1.82, 2.24) is 5.32 Å². The third-order valence-electron chi connectivity index (χ3n) is 4.73. The standard InChI is InChI=1S/C16H21Cl2NO.C4H4O4/c17-15-4-3-12(7-16(15)18)14-5-6-19-8-13(14)10-20-9-11-1-2-11;5-3(6)1-2-4(7)8/h3-4,7,11,13-14,19H,1-2,5-6,8-10H2;1-2H,(H,5,6)(H,7,8)/b;2-1+/t13-,14-;/m1./s1. The average Bonchev–Trinajstić information content (AvgIpc) is 3.48. The lowest BCUT2D eigenvalue weighted by atomic mass is 9.81. The molecule has 1 aromatic rings. The molecule has 6 nitrogen and oxygen atoms in total. The van der Waals surface area contributed by atoms with Crippen LogP contribution in [0.25, 0.3) is 0 Å². The van der Waals surface area contributed by atoms with E-state index in [1.54, 1.807) is 0 Å². The van der Waals surface area contributed by atoms with Crippen molar-refractivity contribution >= 4 is 35.1 Å². The Balaban J connectivity index is 0.000000300. The van der Waals surface area contributed by atoms with Gasteiger partial charge in [0, 0.05) is 31.2 Å². The van der Waals surface area contributed by atoms with Crippen molar-refractivity contribution in [3.05, 3.63) is 46.0 Å². The maximum atomic E-state index is 9.55. The second-order valence-electron chi connectivity index (χ2n) is 7.02. The zero-order valence-electron chi connectivity index (χ0n) is 15.4. The molecule has 0 spiro atoms. The Labute approximate surface area is 174 Å². The zero-order valence-corrected chi connectivity index (χ0v) is 17.0. The number of halogens is 2. The number of nitrogens with one attached hydrogen (secondary N) is 1. The summed E-state index contributed by atoms with van der Waals surface area (Å²) in [5.41, 5.74) is 1.29. The SMILES string of the molecule is Clc1ccc([C@H]2CCNC[C@@H]2COCC2CC2)cc1Cl.O=C(O)/C=C/C(=O)O. The van der Waals surface area contributed by atoms with Gasteiger partial charge in [0.2, 0.25) is 0 Å². The van der Waals surface area contributed by atoms with Crippen molar-refractivity contribution in [2.45, 2.75) is 25.2 Å². The van der Waals surface area contributed by atoms with E-state index >= 15 is 0 Å². The van der Waals surface area contributed by atoms with Crippen LogP contribution < -0.4 is 5.32 Å². The zero-order chi connectivity index (χ0) is 20.5. The van der Waals surface area contributed by atoms with Crippen molar-refractivity contribution in [2.24, 2.45) is 11.8 Å². The number of hydrogen-bond donors (Lipinski definition) is 3. The molecule has 1 saturated carbocycles. The summed E-state index contributed by atoms with van der Waals surface area (Å²) in [5, 5.41) is 20.4. The Hall–Kier alpha value is -1.60. The summed E-state index contributed by atoms with van der Waals surface area (Å²) in [6.45, 7) is 3.86. The number of carbonyl (C=O) groups is 2. The Morgan fingerprint density at radius 1 is 1.07 bits per heavy atom. The van der Waals surface area contributed by atoms with Crippen LogP contribution in [0.1, 0.15) is 30.7 Å². The molecule has 1 aromatic carbocycles. The van der Waals surface area contributed by atoms with Gasteiger partial charge in [-0.1, -0.05) is 29.3 Å². The predicted octanol–water partition coefficient (Wildman–Crippen LogP) is 3.82. The summed E-state index contributed by atoms with van der Waals surface area (Å²) in [4.78, 5) is 19.1. The Morgan fingerprint density at radius 3 is 2.32 bits per heavy atom. The summed E-state index contributed by atoms with van der Waals surface area (Å²) >= 11 is 12.2. The highest BCUT2D eigenvalue weighted by Crippen LogP contribution is 2.35. The summed E-state index contributed by atoms with van der Waals surface area (Å²) in [7, 11) is 0. The summed E-state index contributed by atoms with van der Waals surface area (Å²) in [6.07, 6.45) is 4.94. The van der Waals surface area contributed by atoms with Crippen LogP contribution in [-0.2, 0) is 14.3 Å². The van der Waals surface area contributed by atoms with E-state index in [0.717, 1.165) is 38.6 Å². The molecule has 1 heterocycles. The first kappa shape index (κ1) is 22.7. The van der Waals surface area contributed by atoms with Gasteiger partial charge in [0.15, 0.2) is 0 Å². The van der Waals surface area contributed by atoms with Gasteiger partial charge >= 0.3 is 11.9 Å². The van der Waals surface area contributed by atoms with Gasteiger partial charge < -0.3 is 20.3 Å². The van der Waals surface area contributed by atoms with Gasteiger partial charge in [-0.3, -0.25) is 0 Å². The topological polar surface area (TPSA) is 95.9 Å². The quantitative estimate of drug-likeness (QED) is 0.570. The molecule has 0 radical (unpaired) electrons. The molecule has 3 N–H and O–H groups in total. The first-order valence-electron chi connectivity index (χ1n) is 9.24. The van der Waals surface area contributed by atoms with E-state index < -0.39 is 11.9 Å². The molecule has 3 rings (SSSR count). The third-order valence-corrected chi connectivity index (χ3v) is 5.47. The van der Waals surface area contributed by atoms with Crippen molar-refractivity contribution in [3.8, 4) is 0 Å². The summed E-state index contributed by atoms with van der Waals surface area (Å²) in [6, 6.07) is 6.04. The molecule has 2 aliphatic rings. The average molecular weight is 430 g/mol. The van der Waals surface area contributed by atoms with Crippen molar-refractivity contribution < 1.29 is 24.5 Å². The molecule has 1 aliphatic carbocycles. The number of hydrogen-bond acceptors (Lipinski definition) is 4. The van der Waals surface area contributed by atoms with E-state index in [0.29, 0.717) is 34.0 Å². The van der Waals surface area contributed by atoms with Crippen molar-refractivity contribution in [3.63, 3.8) is 0 Å². The normalized spacial score (nSPS) is 21.8. The van der Waals surface area contributed by atoms with Crippen LogP contribution in [0.2, 0.25) is 10.0 Å². The van der Waals surface area contributed by atoms with E-state index in [9.17, 15) is 9.59 Å². The van der Waals surface area contributed by atoms with E-state index in [4.69, 9.17) is 38.2 Å². The van der Waals surface area contributed by atoms with Gasteiger partial charge in [0.05, 0.1) is 16.7 Å². The summed E-state index contributed by atoms with van der Waals surface area (Å²) in [5.74, 6) is -0.639. The minimum Gasteiger partial charge on any atom is -0.478 e. The smallest absolute Gasteiger partial charge is 0.328 e. The number of aliphatic carboxylic acids is 2. The highest BCUT2D eigenvalue weighted by molar-refractivity contribution is 6.42. The first-order valence-corrected chi connectivity index (χ1v) is 9.99. The molecule has 28 heavy (non-hydrogen) atoms. The summed E-state index contributed by atoms with van der Waals surface area (Å²) < 4.78 is 5.90. The maximum Gasteiger partial charge on any atom is 0.328 e. The largest absolute Gasteiger partial charge is 0.478 e. The fraction of sp³-hybridized carbons (Fsp3) is 0.500. The molecule has 0 unspecified atom stereocenters. The number of carboxylic acid groups (broad SMARTS) is 2. The van der Waals surface area contributed by atoms with E-state index in [1.807, 2.05) is 12.1 Å². The molecular weight excluding hydrogens is 405 g/mol. The number of carboxylic acids is 2. The lowest BCUT2D eigenvalue weighted by molar-refractivity contribution is -0.134. The molecule has 0 bridgehead atoms. The van der Waals surface area contributed by atoms with Gasteiger partial charge in [-0.2, -0.15) is 0 Å². The molecule has 154 valence electrons. The van der Waals surface area contributed by atoms with Crippen molar-refractivity contribution in [2.75, 3.05) is 26.3 Å². The minimum atomic E-state index is -1.26. The second kappa shape index (κ2) is 11.4. The molecule has 1 saturated heterocycles. The van der Waals surface area contributed by atoms with Crippen LogP contribution in [-0.4, -0.2) is 48.5 Å². The fourth-order valence-corrected chi connectivity index (χ4v) is 3.40. The van der Waals surface area contributed by atoms with Crippen LogP contribution in [0, 0.1) is 11.8 Å².